The summed E-state index contributed by atoms with van der Waals surface area (Å²) in [6, 6.07) is 13.3. The zero-order valence-electron chi connectivity index (χ0n) is 23.3. The van der Waals surface area contributed by atoms with Crippen molar-refractivity contribution in [1.29, 1.82) is 0 Å². The highest BCUT2D eigenvalue weighted by atomic mass is 32.2. The average Bonchev–Trinajstić information content (AvgIpc) is 3.79. The quantitative estimate of drug-likeness (QED) is 0.354. The topological polar surface area (TPSA) is 143 Å². The van der Waals surface area contributed by atoms with Crippen LogP contribution in [0.5, 0.6) is 5.75 Å². The third-order valence-corrected chi connectivity index (χ3v) is 12.9. The second-order valence-corrected chi connectivity index (χ2v) is 15.9. The number of nitrogens with zero attached hydrogens (tertiary/aromatic N) is 1. The lowest BCUT2D eigenvalue weighted by atomic mass is 9.84. The Kier molecular flexibility index (Phi) is 7.94. The van der Waals surface area contributed by atoms with E-state index in [0.717, 1.165) is 12.8 Å². The maximum Gasteiger partial charge on any atom is 0.248 e. The van der Waals surface area contributed by atoms with Gasteiger partial charge in [-0.25, -0.2) is 16.8 Å². The molecular formula is C30H36N2O8S2. The van der Waals surface area contributed by atoms with Crippen LogP contribution in [0.3, 0.4) is 0 Å². The normalized spacial score (nSPS) is 22.0. The van der Waals surface area contributed by atoms with Crippen LogP contribution in [0.25, 0.3) is 10.9 Å². The van der Waals surface area contributed by atoms with Crippen molar-refractivity contribution in [3.63, 3.8) is 0 Å². The molecule has 12 heteroatoms. The molecule has 3 heterocycles. The van der Waals surface area contributed by atoms with Crippen LogP contribution in [0.4, 0.5) is 0 Å². The van der Waals surface area contributed by atoms with Crippen LogP contribution in [0.1, 0.15) is 44.9 Å². The molecule has 3 aliphatic rings. The largest absolute Gasteiger partial charge is 0.491 e. The van der Waals surface area contributed by atoms with Crippen LogP contribution in [-0.4, -0.2) is 74.5 Å². The molecule has 10 nitrogen and oxygen atoms in total. The lowest BCUT2D eigenvalue weighted by Crippen LogP contribution is -2.47. The van der Waals surface area contributed by atoms with Gasteiger partial charge in [-0.05, 0) is 81.2 Å². The van der Waals surface area contributed by atoms with Gasteiger partial charge in [-0.2, -0.15) is 4.31 Å². The summed E-state index contributed by atoms with van der Waals surface area (Å²) in [7, 11) is -7.26. The van der Waals surface area contributed by atoms with Crippen molar-refractivity contribution < 1.29 is 31.4 Å². The summed E-state index contributed by atoms with van der Waals surface area (Å²) in [6.45, 7) is 1.15. The van der Waals surface area contributed by atoms with Crippen molar-refractivity contribution in [2.45, 2.75) is 71.7 Å². The van der Waals surface area contributed by atoms with Gasteiger partial charge in [-0.3, -0.25) is 4.79 Å². The molecular weight excluding hydrogens is 580 g/mol. The summed E-state index contributed by atoms with van der Waals surface area (Å²) in [6.07, 6.45) is 5.08. The van der Waals surface area contributed by atoms with Crippen LogP contribution < -0.4 is 10.2 Å². The number of hydrogen-bond donors (Lipinski definition) is 2. The monoisotopic (exact) mass is 616 g/mol. The van der Waals surface area contributed by atoms with Crippen LogP contribution >= 0.6 is 0 Å². The molecule has 2 aliphatic heterocycles. The van der Waals surface area contributed by atoms with Gasteiger partial charge in [0.1, 0.15) is 17.3 Å². The molecule has 226 valence electrons. The zero-order valence-corrected chi connectivity index (χ0v) is 24.9. The van der Waals surface area contributed by atoms with Gasteiger partial charge >= 0.3 is 0 Å². The van der Waals surface area contributed by atoms with Gasteiger partial charge in [0.05, 0.1) is 28.5 Å². The molecule has 1 spiro atoms. The number of rotatable bonds is 10. The Hall–Kier alpha value is -2.77. The Bertz CT molecular complexity index is 1730. The highest BCUT2D eigenvalue weighted by molar-refractivity contribution is 7.92. The van der Waals surface area contributed by atoms with Crippen molar-refractivity contribution in [3.05, 3.63) is 65.0 Å². The number of aliphatic hydroxyl groups is 1. The summed E-state index contributed by atoms with van der Waals surface area (Å²) in [4.78, 5) is 15.9. The minimum Gasteiger partial charge on any atom is -0.491 e. The lowest BCUT2D eigenvalue weighted by molar-refractivity contribution is -0.0314. The first-order valence-electron chi connectivity index (χ1n) is 14.5. The minimum atomic E-state index is -3.95. The Morgan fingerprint density at radius 2 is 1.83 bits per heavy atom. The summed E-state index contributed by atoms with van der Waals surface area (Å²) >= 11 is 0. The third-order valence-electron chi connectivity index (χ3n) is 8.74. The van der Waals surface area contributed by atoms with Crippen LogP contribution in [0.15, 0.2) is 69.3 Å². The van der Waals surface area contributed by atoms with Gasteiger partial charge in [-0.15, -0.1) is 0 Å². The molecule has 2 aromatic carbocycles. The van der Waals surface area contributed by atoms with E-state index in [2.05, 4.69) is 4.98 Å². The van der Waals surface area contributed by atoms with Gasteiger partial charge in [0.15, 0.2) is 9.84 Å². The summed E-state index contributed by atoms with van der Waals surface area (Å²) in [5, 5.41) is 10.6. The number of pyridine rings is 1. The number of aromatic nitrogens is 1. The number of para-hydroxylation sites is 1. The highest BCUT2D eigenvalue weighted by Crippen LogP contribution is 2.41. The average molecular weight is 617 g/mol. The first-order valence-corrected chi connectivity index (χ1v) is 17.5. The molecule has 42 heavy (non-hydrogen) atoms. The van der Waals surface area contributed by atoms with E-state index in [1.165, 1.54) is 16.6 Å². The van der Waals surface area contributed by atoms with E-state index in [-0.39, 0.29) is 40.7 Å². The number of H-pyrrole nitrogens is 1. The molecule has 1 aromatic heterocycles. The van der Waals surface area contributed by atoms with E-state index in [1.807, 2.05) is 0 Å². The second-order valence-electron chi connectivity index (χ2n) is 11.8. The maximum atomic E-state index is 13.4. The Morgan fingerprint density at radius 1 is 1.07 bits per heavy atom. The van der Waals surface area contributed by atoms with Crippen molar-refractivity contribution in [1.82, 2.24) is 9.29 Å². The number of ether oxygens (including phenoxy) is 2. The van der Waals surface area contributed by atoms with E-state index >= 15 is 0 Å². The second kappa shape index (κ2) is 11.4. The molecule has 0 radical (unpaired) electrons. The number of sulfone groups is 1. The van der Waals surface area contributed by atoms with E-state index in [1.54, 1.807) is 42.5 Å². The standard InChI is InChI=1S/C30H36N2O8S2/c33-22(20-39-23-4-3-5-25(16-23)41(35,36)24-10-11-24)9-8-21-17-30(40-19-21)12-14-32(15-13-30)42(37,38)28-18-31-27-7-2-1-6-26(27)29(28)34/h1-7,16,18,21-22,24,33H,8-15,17,19-20H2,(H,31,34)/t21-,22+/m1/s1. The van der Waals surface area contributed by atoms with Crippen LogP contribution in [0.2, 0.25) is 0 Å². The molecule has 3 aromatic rings. The maximum absolute atomic E-state index is 13.4. The lowest BCUT2D eigenvalue weighted by Gasteiger charge is -2.38. The number of hydrogen-bond acceptors (Lipinski definition) is 8. The number of benzene rings is 2. The number of piperidine rings is 1. The van der Waals surface area contributed by atoms with Crippen LogP contribution in [0, 0.1) is 5.92 Å². The Labute approximate surface area is 245 Å². The van der Waals surface area contributed by atoms with E-state index < -0.39 is 37.0 Å². The SMILES string of the molecule is O=c1c(S(=O)(=O)N2CCC3(CC2)C[C@@H](CC[C@H](O)COc2cccc(S(=O)(=O)C4CC4)c2)CO3)c[nH]c2ccccc12. The van der Waals surface area contributed by atoms with Gasteiger partial charge < -0.3 is 19.6 Å². The van der Waals surface area contributed by atoms with E-state index in [9.17, 15) is 26.7 Å². The number of aliphatic hydroxyl groups excluding tert-OH is 1. The fourth-order valence-electron chi connectivity index (χ4n) is 6.10. The molecule has 1 aliphatic carbocycles. The summed E-state index contributed by atoms with van der Waals surface area (Å²) < 4.78 is 65.0. The first-order chi connectivity index (χ1) is 20.1. The van der Waals surface area contributed by atoms with Crippen molar-refractivity contribution >= 4 is 30.8 Å². The molecule has 0 unspecified atom stereocenters. The number of nitrogens with one attached hydrogen (secondary N) is 1. The summed E-state index contributed by atoms with van der Waals surface area (Å²) in [5.74, 6) is 0.657. The van der Waals surface area contributed by atoms with Crippen LogP contribution in [-0.2, 0) is 24.6 Å². The molecule has 2 atom stereocenters. The first kappa shape index (κ1) is 29.3. The van der Waals surface area contributed by atoms with Crippen molar-refractivity contribution in [3.8, 4) is 5.75 Å². The molecule has 6 rings (SSSR count). The predicted octanol–water partition coefficient (Wildman–Crippen LogP) is 3.24. The third kappa shape index (κ3) is 5.87. The van der Waals surface area contributed by atoms with Gasteiger partial charge in [0, 0.05) is 30.2 Å². The molecule has 0 bridgehead atoms. The predicted molar refractivity (Wildman–Crippen MR) is 157 cm³/mol. The molecule has 3 fully saturated rings. The Balaban J connectivity index is 0.986. The fourth-order valence-corrected chi connectivity index (χ4v) is 9.29. The fraction of sp³-hybridized carbons (Fsp3) is 0.500. The molecule has 2 saturated heterocycles. The van der Waals surface area contributed by atoms with Crippen molar-refractivity contribution in [2.75, 3.05) is 26.3 Å². The smallest absolute Gasteiger partial charge is 0.248 e. The van der Waals surface area contributed by atoms with Gasteiger partial charge in [0.2, 0.25) is 15.5 Å². The Morgan fingerprint density at radius 3 is 2.60 bits per heavy atom. The number of fused-ring (bicyclic) bond motifs is 1. The highest BCUT2D eigenvalue weighted by Gasteiger charge is 2.45. The zero-order chi connectivity index (χ0) is 29.5. The number of aromatic amines is 1. The van der Waals surface area contributed by atoms with Gasteiger partial charge in [0.25, 0.3) is 0 Å². The number of sulfonamides is 1. The summed E-state index contributed by atoms with van der Waals surface area (Å²) in [5.41, 5.74) is -0.309. The van der Waals surface area contributed by atoms with Gasteiger partial charge in [-0.1, -0.05) is 18.2 Å². The van der Waals surface area contributed by atoms with E-state index in [0.29, 0.717) is 55.4 Å². The van der Waals surface area contributed by atoms with Crippen molar-refractivity contribution in [2.24, 2.45) is 5.92 Å². The van der Waals surface area contributed by atoms with E-state index in [4.69, 9.17) is 9.47 Å². The minimum absolute atomic E-state index is 0.0619. The molecule has 0 amide bonds. The molecule has 1 saturated carbocycles. The molecule has 2 N–H and O–H groups in total.